The largest absolute Gasteiger partial charge is 0.183 e. The molecule has 0 saturated heterocycles. The topological polar surface area (TPSA) is 25.8 Å². The van der Waals surface area contributed by atoms with Gasteiger partial charge in [0.2, 0.25) is 0 Å². The maximum absolute atomic E-state index is 4.05. The van der Waals surface area contributed by atoms with Gasteiger partial charge < -0.3 is 0 Å². The number of hydrogen-bond donors (Lipinski definition) is 0. The second kappa shape index (κ2) is 4.02. The Morgan fingerprint density at radius 3 is 2.77 bits per heavy atom. The predicted molar refractivity (Wildman–Crippen MR) is 65.8 cm³/mol. The van der Waals surface area contributed by atoms with Crippen molar-refractivity contribution in [3.8, 4) is 10.6 Å². The van der Waals surface area contributed by atoms with Gasteiger partial charge in [-0.05, 0) is 50.7 Å². The predicted octanol–water partition coefficient (Wildman–Crippen LogP) is 3.57. The zero-order valence-corrected chi connectivity index (χ0v) is 10.9. The van der Waals surface area contributed by atoms with E-state index in [-0.39, 0.29) is 0 Å². The van der Waals surface area contributed by atoms with Gasteiger partial charge in [0.1, 0.15) is 5.01 Å². The molecule has 2 rings (SSSR count). The molecule has 2 nitrogen and oxygen atoms in total. The average molecular weight is 367 g/mol. The minimum absolute atomic E-state index is 0.821. The summed E-state index contributed by atoms with van der Waals surface area (Å²) in [7, 11) is 0. The average Bonchev–Trinajstić information content (AvgIpc) is 2.52. The van der Waals surface area contributed by atoms with E-state index in [0.29, 0.717) is 0 Å². The zero-order valence-electron chi connectivity index (χ0n) is 6.37. The van der Waals surface area contributed by atoms with Crippen molar-refractivity contribution in [3.63, 3.8) is 0 Å². The second-order valence-electron chi connectivity index (χ2n) is 2.37. The van der Waals surface area contributed by atoms with E-state index in [9.17, 15) is 0 Å². The number of aromatic nitrogens is 2. The fourth-order valence-electron chi connectivity index (χ4n) is 0.943. The first-order valence-corrected chi connectivity index (χ1v) is 6.19. The van der Waals surface area contributed by atoms with E-state index in [1.807, 2.05) is 12.1 Å². The highest BCUT2D eigenvalue weighted by Gasteiger charge is 2.03. The van der Waals surface area contributed by atoms with Gasteiger partial charge in [-0.15, -0.1) is 10.2 Å². The first kappa shape index (κ1) is 9.54. The molecule has 0 aliphatic rings. The minimum Gasteiger partial charge on any atom is -0.137 e. The Kier molecular flexibility index (Phi) is 2.95. The van der Waals surface area contributed by atoms with Crippen molar-refractivity contribution < 1.29 is 0 Å². The van der Waals surface area contributed by atoms with Crippen LogP contribution in [0.25, 0.3) is 10.6 Å². The first-order valence-electron chi connectivity index (χ1n) is 3.50. The van der Waals surface area contributed by atoms with Gasteiger partial charge in [0.05, 0.1) is 0 Å². The molecule has 5 heteroatoms. The molecule has 0 fully saturated rings. The molecule has 66 valence electrons. The van der Waals surface area contributed by atoms with E-state index in [2.05, 4.69) is 60.9 Å². The summed E-state index contributed by atoms with van der Waals surface area (Å²) in [6.45, 7) is 0. The summed E-state index contributed by atoms with van der Waals surface area (Å²) >= 11 is 7.12. The molecule has 0 atom stereocenters. The fraction of sp³-hybridized carbons (Fsp3) is 0. The molecule has 0 amide bonds. The van der Waals surface area contributed by atoms with Crippen LogP contribution in [0.5, 0.6) is 0 Å². The molecule has 0 aliphatic heterocycles. The van der Waals surface area contributed by atoms with E-state index in [4.69, 9.17) is 0 Å². The number of rotatable bonds is 1. The fourth-order valence-corrected chi connectivity index (χ4v) is 2.59. The van der Waals surface area contributed by atoms with Crippen LogP contribution in [0.4, 0.5) is 0 Å². The summed E-state index contributed by atoms with van der Waals surface area (Å²) in [6.07, 6.45) is 0. The van der Waals surface area contributed by atoms with Crippen LogP contribution in [0.1, 0.15) is 0 Å². The Bertz CT molecular complexity index is 430. The van der Waals surface area contributed by atoms with E-state index >= 15 is 0 Å². The molecule has 2 aromatic rings. The Labute approximate surface area is 102 Å². The highest BCUT2D eigenvalue weighted by atomic mass is 127. The van der Waals surface area contributed by atoms with Crippen molar-refractivity contribution >= 4 is 49.9 Å². The van der Waals surface area contributed by atoms with Crippen LogP contribution in [0.2, 0.25) is 0 Å². The Hall–Kier alpha value is -0.0100. The third kappa shape index (κ3) is 2.26. The van der Waals surface area contributed by atoms with Crippen LogP contribution in [-0.4, -0.2) is 10.2 Å². The van der Waals surface area contributed by atoms with Crippen molar-refractivity contribution in [1.29, 1.82) is 0 Å². The van der Waals surface area contributed by atoms with Crippen molar-refractivity contribution in [2.75, 3.05) is 0 Å². The van der Waals surface area contributed by atoms with Crippen LogP contribution < -0.4 is 0 Å². The summed E-state index contributed by atoms with van der Waals surface area (Å²) in [5.74, 6) is 0. The van der Waals surface area contributed by atoms with E-state index in [0.717, 1.165) is 14.5 Å². The lowest BCUT2D eigenvalue weighted by Gasteiger charge is -1.94. The van der Waals surface area contributed by atoms with Crippen molar-refractivity contribution in [3.05, 3.63) is 31.8 Å². The van der Waals surface area contributed by atoms with Gasteiger partial charge in [-0.25, -0.2) is 0 Å². The zero-order chi connectivity index (χ0) is 9.26. The third-order valence-electron chi connectivity index (χ3n) is 1.47. The van der Waals surface area contributed by atoms with Gasteiger partial charge in [-0.2, -0.15) is 0 Å². The highest BCUT2D eigenvalue weighted by molar-refractivity contribution is 14.1. The molecule has 0 radical (unpaired) electrons. The summed E-state index contributed by atoms with van der Waals surface area (Å²) in [5.41, 5.74) is 1.12. The Morgan fingerprint density at radius 1 is 1.31 bits per heavy atom. The highest BCUT2D eigenvalue weighted by Crippen LogP contribution is 2.26. The minimum atomic E-state index is 0.821. The van der Waals surface area contributed by atoms with Crippen molar-refractivity contribution in [2.24, 2.45) is 0 Å². The number of hydrogen-bond acceptors (Lipinski definition) is 3. The number of halogens is 2. The lowest BCUT2D eigenvalue weighted by molar-refractivity contribution is 1.08. The van der Waals surface area contributed by atoms with Gasteiger partial charge in [0.25, 0.3) is 0 Å². The van der Waals surface area contributed by atoms with Gasteiger partial charge >= 0.3 is 0 Å². The van der Waals surface area contributed by atoms with E-state index < -0.39 is 0 Å². The standard InChI is InChI=1S/C8H4BrIN2S/c9-8-12-11-7(13-8)5-2-1-3-6(10)4-5/h1-4H. The molecule has 0 aliphatic carbocycles. The maximum Gasteiger partial charge on any atom is 0.183 e. The molecule has 1 heterocycles. The summed E-state index contributed by atoms with van der Waals surface area (Å²) in [5, 5.41) is 8.90. The molecular formula is C8H4BrIN2S. The first-order chi connectivity index (χ1) is 6.25. The number of nitrogens with zero attached hydrogens (tertiary/aromatic N) is 2. The molecular weight excluding hydrogens is 363 g/mol. The second-order valence-corrected chi connectivity index (χ2v) is 5.87. The molecule has 0 saturated carbocycles. The summed E-state index contributed by atoms with van der Waals surface area (Å²) in [6, 6.07) is 8.20. The van der Waals surface area contributed by atoms with Gasteiger partial charge in [0, 0.05) is 9.13 Å². The normalized spacial score (nSPS) is 10.3. The number of benzene rings is 1. The lowest BCUT2D eigenvalue weighted by Crippen LogP contribution is -1.77. The monoisotopic (exact) mass is 366 g/mol. The molecule has 0 N–H and O–H groups in total. The maximum atomic E-state index is 4.05. The van der Waals surface area contributed by atoms with Crippen LogP contribution in [-0.2, 0) is 0 Å². The molecule has 1 aromatic carbocycles. The Balaban J connectivity index is 2.46. The van der Waals surface area contributed by atoms with Crippen molar-refractivity contribution in [1.82, 2.24) is 10.2 Å². The van der Waals surface area contributed by atoms with Gasteiger partial charge in [-0.3, -0.25) is 0 Å². The van der Waals surface area contributed by atoms with Crippen molar-refractivity contribution in [2.45, 2.75) is 0 Å². The summed E-state index contributed by atoms with van der Waals surface area (Å²) < 4.78 is 2.03. The molecule has 13 heavy (non-hydrogen) atoms. The van der Waals surface area contributed by atoms with E-state index in [1.165, 1.54) is 3.57 Å². The SMILES string of the molecule is Brc1nnc(-c2cccc(I)c2)s1. The molecule has 0 spiro atoms. The quantitative estimate of drug-likeness (QED) is 0.721. The molecule has 1 aromatic heterocycles. The third-order valence-corrected chi connectivity index (χ3v) is 3.55. The van der Waals surface area contributed by atoms with Gasteiger partial charge in [0.15, 0.2) is 3.92 Å². The smallest absolute Gasteiger partial charge is 0.137 e. The van der Waals surface area contributed by atoms with Crippen LogP contribution in [0.15, 0.2) is 28.2 Å². The summed E-state index contributed by atoms with van der Waals surface area (Å²) in [4.78, 5) is 0. The molecule has 0 bridgehead atoms. The Morgan fingerprint density at radius 2 is 2.15 bits per heavy atom. The molecule has 0 unspecified atom stereocenters. The van der Waals surface area contributed by atoms with Gasteiger partial charge in [-0.1, -0.05) is 23.5 Å². The van der Waals surface area contributed by atoms with Crippen LogP contribution in [0, 0.1) is 3.57 Å². The van der Waals surface area contributed by atoms with Crippen LogP contribution >= 0.6 is 49.9 Å². The van der Waals surface area contributed by atoms with Crippen LogP contribution in [0.3, 0.4) is 0 Å². The van der Waals surface area contributed by atoms with E-state index in [1.54, 1.807) is 11.3 Å². The lowest BCUT2D eigenvalue weighted by atomic mass is 10.2.